The van der Waals surface area contributed by atoms with Crippen LogP contribution in [0, 0.1) is 21.6 Å². The van der Waals surface area contributed by atoms with Gasteiger partial charge in [-0.15, -0.1) is 21.7 Å². The first-order valence-corrected chi connectivity index (χ1v) is 9.24. The van der Waals surface area contributed by atoms with Crippen molar-refractivity contribution in [1.29, 1.82) is 5.26 Å². The van der Waals surface area contributed by atoms with Gasteiger partial charge >= 0.3 is 0 Å². The van der Waals surface area contributed by atoms with Crippen LogP contribution in [0.25, 0.3) is 0 Å². The number of isocyanates is 1. The van der Waals surface area contributed by atoms with Gasteiger partial charge in [0.25, 0.3) is 5.69 Å². The average Bonchev–Trinajstić information content (AvgIpc) is 2.69. The summed E-state index contributed by atoms with van der Waals surface area (Å²) in [6, 6.07) is 4.68. The van der Waals surface area contributed by atoms with Gasteiger partial charge in [-0.25, -0.2) is 9.79 Å². The fourth-order valence-electron chi connectivity index (χ4n) is 1.90. The van der Waals surface area contributed by atoms with Gasteiger partial charge in [-0.05, 0) is 24.3 Å². The third kappa shape index (κ3) is 7.86. The van der Waals surface area contributed by atoms with E-state index in [1.54, 1.807) is 19.3 Å². The lowest BCUT2D eigenvalue weighted by Crippen LogP contribution is -2.39. The molecule has 0 saturated carbocycles. The number of hydrogen-bond acceptors (Lipinski definition) is 7. The molecule has 0 aliphatic carbocycles. The molecule has 0 radical (unpaired) electrons. The van der Waals surface area contributed by atoms with E-state index in [-0.39, 0.29) is 29.8 Å². The van der Waals surface area contributed by atoms with E-state index in [1.807, 2.05) is 6.92 Å². The SMILES string of the molecule is CCCSc1ccc(N=C(N=C=O)NCCNC(=NC#N)NC)c([N+](=O)[O-])c1. The summed E-state index contributed by atoms with van der Waals surface area (Å²) in [6.07, 6.45) is 3.95. The Hall–Kier alpha value is -3.42. The first-order valence-electron chi connectivity index (χ1n) is 8.25. The molecule has 1 rings (SSSR count). The molecule has 0 aliphatic rings. The predicted octanol–water partition coefficient (Wildman–Crippen LogP) is 1.66. The molecule has 0 heterocycles. The van der Waals surface area contributed by atoms with Crippen LogP contribution in [-0.4, -0.2) is 48.8 Å². The maximum Gasteiger partial charge on any atom is 0.296 e. The smallest absolute Gasteiger partial charge is 0.296 e. The van der Waals surface area contributed by atoms with Crippen LogP contribution in [0.4, 0.5) is 11.4 Å². The molecule has 0 unspecified atom stereocenters. The summed E-state index contributed by atoms with van der Waals surface area (Å²) in [7, 11) is 1.60. The highest BCUT2D eigenvalue weighted by molar-refractivity contribution is 7.99. The van der Waals surface area contributed by atoms with Crippen molar-refractivity contribution in [2.75, 3.05) is 25.9 Å². The van der Waals surface area contributed by atoms with E-state index in [0.29, 0.717) is 6.54 Å². The molecule has 11 nitrogen and oxygen atoms in total. The maximum atomic E-state index is 11.4. The van der Waals surface area contributed by atoms with E-state index in [2.05, 4.69) is 30.9 Å². The third-order valence-electron chi connectivity index (χ3n) is 3.09. The highest BCUT2D eigenvalue weighted by atomic mass is 32.2. The molecule has 12 heteroatoms. The molecule has 148 valence electrons. The van der Waals surface area contributed by atoms with Crippen LogP contribution >= 0.6 is 11.8 Å². The van der Waals surface area contributed by atoms with Crippen molar-refractivity contribution < 1.29 is 9.72 Å². The van der Waals surface area contributed by atoms with Gasteiger partial charge in [-0.3, -0.25) is 10.1 Å². The molecule has 0 saturated heterocycles. The number of nitriles is 1. The van der Waals surface area contributed by atoms with Crippen molar-refractivity contribution in [3.8, 4) is 6.19 Å². The lowest BCUT2D eigenvalue weighted by molar-refractivity contribution is -0.384. The molecule has 0 fully saturated rings. The van der Waals surface area contributed by atoms with Gasteiger partial charge in [0.2, 0.25) is 24.2 Å². The lowest BCUT2D eigenvalue weighted by atomic mass is 10.3. The lowest BCUT2D eigenvalue weighted by Gasteiger charge is -2.09. The van der Waals surface area contributed by atoms with E-state index in [0.717, 1.165) is 17.1 Å². The minimum absolute atomic E-state index is 0.0715. The number of nitro groups is 1. The second-order valence-electron chi connectivity index (χ2n) is 5.06. The van der Waals surface area contributed by atoms with Crippen molar-refractivity contribution >= 4 is 41.1 Å². The van der Waals surface area contributed by atoms with E-state index in [1.165, 1.54) is 30.0 Å². The maximum absolute atomic E-state index is 11.4. The summed E-state index contributed by atoms with van der Waals surface area (Å²) in [5.74, 6) is 1.01. The van der Waals surface area contributed by atoms with Crippen LogP contribution in [0.15, 0.2) is 38.1 Å². The van der Waals surface area contributed by atoms with Gasteiger partial charge in [-0.2, -0.15) is 5.26 Å². The Morgan fingerprint density at radius 3 is 2.71 bits per heavy atom. The Bertz CT molecular complexity index is 828. The normalized spacial score (nSPS) is 11.2. The van der Waals surface area contributed by atoms with Crippen molar-refractivity contribution in [2.24, 2.45) is 15.0 Å². The quantitative estimate of drug-likeness (QED) is 0.0862. The Kier molecular flexibility index (Phi) is 10.4. The fraction of sp³-hybridized carbons (Fsp3) is 0.375. The first-order chi connectivity index (χ1) is 13.5. The van der Waals surface area contributed by atoms with E-state index in [4.69, 9.17) is 5.26 Å². The van der Waals surface area contributed by atoms with Crippen LogP contribution < -0.4 is 16.0 Å². The number of nitrogens with one attached hydrogen (secondary N) is 3. The van der Waals surface area contributed by atoms with Gasteiger partial charge in [0.15, 0.2) is 0 Å². The van der Waals surface area contributed by atoms with Crippen LogP contribution in [-0.2, 0) is 4.79 Å². The largest absolute Gasteiger partial charge is 0.359 e. The first kappa shape index (κ1) is 22.6. The van der Waals surface area contributed by atoms with Gasteiger partial charge in [0.1, 0.15) is 5.69 Å². The fourth-order valence-corrected chi connectivity index (χ4v) is 2.70. The summed E-state index contributed by atoms with van der Waals surface area (Å²) in [6.45, 7) is 2.60. The Labute approximate surface area is 166 Å². The van der Waals surface area contributed by atoms with Crippen LogP contribution in [0.3, 0.4) is 0 Å². The zero-order valence-corrected chi connectivity index (χ0v) is 16.2. The van der Waals surface area contributed by atoms with Crippen LogP contribution in [0.5, 0.6) is 0 Å². The summed E-state index contributed by atoms with van der Waals surface area (Å²) < 4.78 is 0. The van der Waals surface area contributed by atoms with Gasteiger partial charge in [-0.1, -0.05) is 6.92 Å². The Balaban J connectivity index is 2.92. The number of nitro benzene ring substituents is 1. The van der Waals surface area contributed by atoms with Crippen molar-refractivity contribution in [3.05, 3.63) is 28.3 Å². The minimum Gasteiger partial charge on any atom is -0.359 e. The molecule has 1 aromatic rings. The molecule has 0 aliphatic heterocycles. The van der Waals surface area contributed by atoms with Crippen molar-refractivity contribution in [2.45, 2.75) is 18.2 Å². The molecule has 1 aromatic carbocycles. The monoisotopic (exact) mass is 404 g/mol. The molecule has 0 spiro atoms. The molecule has 0 amide bonds. The predicted molar refractivity (Wildman–Crippen MR) is 107 cm³/mol. The average molecular weight is 404 g/mol. The zero-order valence-electron chi connectivity index (χ0n) is 15.4. The number of thioether (sulfide) groups is 1. The zero-order chi connectivity index (χ0) is 20.8. The van der Waals surface area contributed by atoms with E-state index < -0.39 is 4.92 Å². The van der Waals surface area contributed by atoms with Crippen molar-refractivity contribution in [3.63, 3.8) is 0 Å². The number of benzene rings is 1. The van der Waals surface area contributed by atoms with E-state index >= 15 is 0 Å². The summed E-state index contributed by atoms with van der Waals surface area (Å²) in [5, 5.41) is 28.2. The molecule has 0 aromatic heterocycles. The topological polar surface area (TPSA) is 157 Å². The van der Waals surface area contributed by atoms with Crippen LogP contribution in [0.2, 0.25) is 0 Å². The molecule has 0 bridgehead atoms. The van der Waals surface area contributed by atoms with Gasteiger partial charge in [0.05, 0.1) is 4.92 Å². The van der Waals surface area contributed by atoms with Crippen molar-refractivity contribution in [1.82, 2.24) is 16.0 Å². The Morgan fingerprint density at radius 2 is 2.11 bits per heavy atom. The van der Waals surface area contributed by atoms with E-state index in [9.17, 15) is 14.9 Å². The highest BCUT2D eigenvalue weighted by Crippen LogP contribution is 2.32. The number of nitrogens with zero attached hydrogens (tertiary/aromatic N) is 5. The molecule has 3 N–H and O–H groups in total. The summed E-state index contributed by atoms with van der Waals surface area (Å²) in [4.78, 5) is 33.2. The van der Waals surface area contributed by atoms with Crippen LogP contribution in [0.1, 0.15) is 13.3 Å². The minimum atomic E-state index is -0.532. The molecule has 28 heavy (non-hydrogen) atoms. The standard InChI is InChI=1S/C16H20N8O3S/c1-3-8-28-12-4-5-13(14(9-12)24(26)27)23-16(22-11-25)20-7-6-19-15(18-2)21-10-17/h4-5,9H,3,6-8H2,1-2H3,(H,20,23)(H2,18,19,21). The number of carbonyl (C=O) groups excluding carboxylic acids is 1. The molecule has 0 atom stereocenters. The second kappa shape index (κ2) is 12.9. The second-order valence-corrected chi connectivity index (χ2v) is 6.23. The number of guanidine groups is 2. The highest BCUT2D eigenvalue weighted by Gasteiger charge is 2.15. The third-order valence-corrected chi connectivity index (χ3v) is 4.29. The number of rotatable bonds is 8. The summed E-state index contributed by atoms with van der Waals surface area (Å²) in [5.41, 5.74) is -0.111. The Morgan fingerprint density at radius 1 is 1.36 bits per heavy atom. The van der Waals surface area contributed by atoms with Gasteiger partial charge in [0, 0.05) is 31.1 Å². The number of aliphatic imine (C=N–C) groups is 3. The van der Waals surface area contributed by atoms with Gasteiger partial charge < -0.3 is 16.0 Å². The summed E-state index contributed by atoms with van der Waals surface area (Å²) >= 11 is 1.51. The molecular weight excluding hydrogens is 384 g/mol. The number of hydrogen-bond donors (Lipinski definition) is 3. The molecular formula is C16H20N8O3S.